The van der Waals surface area contributed by atoms with Gasteiger partial charge in [0, 0.05) is 38.8 Å². The molecule has 2 amide bonds. The first-order valence-corrected chi connectivity index (χ1v) is 13.6. The predicted molar refractivity (Wildman–Crippen MR) is 145 cm³/mol. The maximum atomic E-state index is 14.0. The lowest BCUT2D eigenvalue weighted by molar-refractivity contribution is -0.138. The van der Waals surface area contributed by atoms with E-state index >= 15 is 0 Å². The number of aromatic nitrogens is 2. The number of benzene rings is 1. The molecule has 0 radical (unpaired) electrons. The molecule has 1 aromatic heterocycles. The Balaban J connectivity index is 1.61. The van der Waals surface area contributed by atoms with Gasteiger partial charge in [0.2, 0.25) is 11.9 Å². The van der Waals surface area contributed by atoms with E-state index in [0.29, 0.717) is 17.0 Å². The second-order valence-electron chi connectivity index (χ2n) is 11.6. The standard InChI is InChI=1S/C29H38F3N5O3/c1-17(27(3)16-28(27)12-8-7-9-24(28)34-18(2)38)13-22-20(29(30,31)32)15-33-26(36-22)35-21-11-10-19(14-23(21)40-6)25(39)37(4)5/h10-11,14-15,17,24H,7-9,12-13,16H2,1-6H3,(H,34,38)(H,33,35,36)/t17?,24-,27-,28-/m1/s1. The van der Waals surface area contributed by atoms with Crippen LogP contribution in [0.1, 0.15) is 74.5 Å². The van der Waals surface area contributed by atoms with Crippen molar-refractivity contribution in [3.05, 3.63) is 41.2 Å². The Morgan fingerprint density at radius 2 is 1.98 bits per heavy atom. The number of nitrogens with one attached hydrogen (secondary N) is 2. The summed E-state index contributed by atoms with van der Waals surface area (Å²) in [7, 11) is 4.71. The highest BCUT2D eigenvalue weighted by Crippen LogP contribution is 2.73. The Kier molecular flexibility index (Phi) is 8.06. The van der Waals surface area contributed by atoms with Gasteiger partial charge in [-0.25, -0.2) is 9.97 Å². The molecular formula is C29H38F3N5O3. The second kappa shape index (κ2) is 10.9. The van der Waals surface area contributed by atoms with E-state index in [-0.39, 0.29) is 52.7 Å². The fourth-order valence-electron chi connectivity index (χ4n) is 6.56. The first kappa shape index (κ1) is 29.6. The molecule has 0 bridgehead atoms. The number of hydrogen-bond acceptors (Lipinski definition) is 6. The quantitative estimate of drug-likeness (QED) is 0.436. The van der Waals surface area contributed by atoms with Crippen LogP contribution in [-0.2, 0) is 17.4 Å². The van der Waals surface area contributed by atoms with Crippen molar-refractivity contribution in [2.45, 2.75) is 71.5 Å². The highest BCUT2D eigenvalue weighted by atomic mass is 19.4. The van der Waals surface area contributed by atoms with Gasteiger partial charge in [-0.15, -0.1) is 0 Å². The molecule has 1 aromatic carbocycles. The maximum absolute atomic E-state index is 14.0. The lowest BCUT2D eigenvalue weighted by Gasteiger charge is -2.38. The average Bonchev–Trinajstić information content (AvgIpc) is 3.49. The maximum Gasteiger partial charge on any atom is 0.419 e. The molecule has 0 saturated heterocycles. The molecule has 40 heavy (non-hydrogen) atoms. The summed E-state index contributed by atoms with van der Waals surface area (Å²) in [5.74, 6) is -0.0633. The Hall–Kier alpha value is -3.37. The Bertz CT molecular complexity index is 1280. The number of amides is 2. The number of hydrogen-bond donors (Lipinski definition) is 2. The van der Waals surface area contributed by atoms with Crippen molar-refractivity contribution in [1.29, 1.82) is 0 Å². The fourth-order valence-corrected chi connectivity index (χ4v) is 6.56. The molecule has 1 spiro atoms. The van der Waals surface area contributed by atoms with Gasteiger partial charge >= 0.3 is 6.18 Å². The molecular weight excluding hydrogens is 523 g/mol. The van der Waals surface area contributed by atoms with Crippen LogP contribution in [0.4, 0.5) is 24.8 Å². The van der Waals surface area contributed by atoms with Gasteiger partial charge in [-0.1, -0.05) is 26.7 Å². The van der Waals surface area contributed by atoms with Gasteiger partial charge in [0.05, 0.1) is 24.1 Å². The SMILES string of the molecule is COc1cc(C(=O)N(C)C)ccc1Nc1ncc(C(F)(F)F)c(CC(C)[C@@]2(C)C[C@@]23CCCC[C@H]3NC(C)=O)n1. The molecule has 1 heterocycles. The minimum Gasteiger partial charge on any atom is -0.495 e. The van der Waals surface area contributed by atoms with E-state index < -0.39 is 11.7 Å². The smallest absolute Gasteiger partial charge is 0.419 e. The summed E-state index contributed by atoms with van der Waals surface area (Å²) in [6.45, 7) is 5.62. The number of methoxy groups -OCH3 is 1. The molecule has 2 fully saturated rings. The molecule has 2 N–H and O–H groups in total. The lowest BCUT2D eigenvalue weighted by Crippen LogP contribution is -2.45. The molecule has 1 unspecified atom stereocenters. The number of rotatable bonds is 8. The van der Waals surface area contributed by atoms with Crippen LogP contribution in [0, 0.1) is 16.7 Å². The van der Waals surface area contributed by atoms with Crippen molar-refractivity contribution < 1.29 is 27.5 Å². The highest BCUT2D eigenvalue weighted by Gasteiger charge is 2.69. The fraction of sp³-hybridized carbons (Fsp3) is 0.586. The minimum absolute atomic E-state index is 0.00430. The van der Waals surface area contributed by atoms with Crippen molar-refractivity contribution in [3.63, 3.8) is 0 Å². The van der Waals surface area contributed by atoms with Crippen molar-refractivity contribution in [3.8, 4) is 5.75 Å². The van der Waals surface area contributed by atoms with E-state index in [1.165, 1.54) is 18.9 Å². The van der Waals surface area contributed by atoms with E-state index in [4.69, 9.17) is 4.74 Å². The number of carbonyl (C=O) groups is 2. The average molecular weight is 562 g/mol. The van der Waals surface area contributed by atoms with Crippen LogP contribution in [0.5, 0.6) is 5.75 Å². The highest BCUT2D eigenvalue weighted by molar-refractivity contribution is 5.95. The molecule has 2 saturated carbocycles. The Labute approximate surface area is 233 Å². The molecule has 11 heteroatoms. The number of alkyl halides is 3. The second-order valence-corrected chi connectivity index (χ2v) is 11.6. The van der Waals surface area contributed by atoms with Crippen molar-refractivity contribution >= 4 is 23.5 Å². The van der Waals surface area contributed by atoms with Crippen LogP contribution in [0.15, 0.2) is 24.4 Å². The molecule has 2 aliphatic rings. The van der Waals surface area contributed by atoms with Crippen LogP contribution < -0.4 is 15.4 Å². The van der Waals surface area contributed by atoms with E-state index in [1.54, 1.807) is 32.3 Å². The van der Waals surface area contributed by atoms with Crippen LogP contribution in [0.2, 0.25) is 0 Å². The van der Waals surface area contributed by atoms with Crippen LogP contribution in [0.25, 0.3) is 0 Å². The number of nitrogens with zero attached hydrogens (tertiary/aromatic N) is 3. The normalized spacial score (nSPS) is 24.8. The van der Waals surface area contributed by atoms with Crippen LogP contribution in [0.3, 0.4) is 0 Å². The number of ether oxygens (including phenoxy) is 1. The third kappa shape index (κ3) is 5.60. The van der Waals surface area contributed by atoms with Crippen LogP contribution >= 0.6 is 0 Å². The summed E-state index contributed by atoms with van der Waals surface area (Å²) < 4.78 is 47.5. The lowest BCUT2D eigenvalue weighted by atomic mass is 9.71. The molecule has 8 nitrogen and oxygen atoms in total. The molecule has 4 rings (SSSR count). The van der Waals surface area contributed by atoms with Crippen LogP contribution in [-0.4, -0.2) is 53.9 Å². The number of carbonyl (C=O) groups excluding carboxylic acids is 2. The predicted octanol–water partition coefficient (Wildman–Crippen LogP) is 5.60. The summed E-state index contributed by atoms with van der Waals surface area (Å²) >= 11 is 0. The largest absolute Gasteiger partial charge is 0.495 e. The van der Waals surface area contributed by atoms with Gasteiger partial charge < -0.3 is 20.3 Å². The zero-order valence-electron chi connectivity index (χ0n) is 23.9. The summed E-state index contributed by atoms with van der Waals surface area (Å²) in [6.07, 6.45) is 1.11. The van der Waals surface area contributed by atoms with E-state index in [2.05, 4.69) is 27.5 Å². The summed E-state index contributed by atoms with van der Waals surface area (Å²) in [4.78, 5) is 33.9. The zero-order valence-corrected chi connectivity index (χ0v) is 23.9. The van der Waals surface area contributed by atoms with Crippen molar-refractivity contribution in [2.75, 3.05) is 26.5 Å². The first-order chi connectivity index (χ1) is 18.7. The molecule has 2 aliphatic carbocycles. The number of anilines is 2. The van der Waals surface area contributed by atoms with Crippen molar-refractivity contribution in [2.24, 2.45) is 16.7 Å². The van der Waals surface area contributed by atoms with Gasteiger partial charge in [0.1, 0.15) is 5.75 Å². The van der Waals surface area contributed by atoms with Gasteiger partial charge in [-0.2, -0.15) is 13.2 Å². The topological polar surface area (TPSA) is 96.5 Å². The summed E-state index contributed by atoms with van der Waals surface area (Å²) in [5.41, 5.74) is -0.440. The molecule has 218 valence electrons. The van der Waals surface area contributed by atoms with Gasteiger partial charge in [0.15, 0.2) is 0 Å². The third-order valence-electron chi connectivity index (χ3n) is 8.97. The molecule has 2 aromatic rings. The van der Waals surface area contributed by atoms with E-state index in [1.807, 2.05) is 6.92 Å². The van der Waals surface area contributed by atoms with E-state index in [0.717, 1.165) is 38.3 Å². The van der Waals surface area contributed by atoms with E-state index in [9.17, 15) is 22.8 Å². The Morgan fingerprint density at radius 1 is 1.25 bits per heavy atom. The first-order valence-electron chi connectivity index (χ1n) is 13.6. The Morgan fingerprint density at radius 3 is 2.60 bits per heavy atom. The van der Waals surface area contributed by atoms with Gasteiger partial charge in [-0.05, 0) is 60.6 Å². The number of halogens is 3. The monoisotopic (exact) mass is 561 g/mol. The minimum atomic E-state index is -4.61. The van der Waals surface area contributed by atoms with Gasteiger partial charge in [0.25, 0.3) is 5.91 Å². The summed E-state index contributed by atoms with van der Waals surface area (Å²) in [6, 6.07) is 4.80. The third-order valence-corrected chi connectivity index (χ3v) is 8.97. The van der Waals surface area contributed by atoms with Gasteiger partial charge in [-0.3, -0.25) is 9.59 Å². The summed E-state index contributed by atoms with van der Waals surface area (Å²) in [5, 5.41) is 6.08. The molecule has 4 atom stereocenters. The zero-order chi connectivity index (χ0) is 29.5. The van der Waals surface area contributed by atoms with Crippen molar-refractivity contribution in [1.82, 2.24) is 20.2 Å². The molecule has 0 aliphatic heterocycles.